The number of rotatable bonds is 4. The number of guanidine groups is 1. The number of aromatic nitrogens is 2. The van der Waals surface area contributed by atoms with Crippen molar-refractivity contribution in [1.82, 2.24) is 24.9 Å². The van der Waals surface area contributed by atoms with Crippen LogP contribution in [0.2, 0.25) is 5.15 Å². The largest absolute Gasteiger partial charge is 0.422 e. The van der Waals surface area contributed by atoms with E-state index in [1.165, 1.54) is 16.4 Å². The lowest BCUT2D eigenvalue weighted by Crippen LogP contribution is -2.57. The molecule has 4 heterocycles. The normalized spacial score (nSPS) is 21.4. The van der Waals surface area contributed by atoms with E-state index in [1.54, 1.807) is 18.2 Å². The summed E-state index contributed by atoms with van der Waals surface area (Å²) in [5, 5.41) is 4.19. The lowest BCUT2D eigenvalue weighted by Gasteiger charge is -2.39. The van der Waals surface area contributed by atoms with Crippen molar-refractivity contribution < 1.29 is 26.4 Å². The minimum Gasteiger partial charge on any atom is -0.382 e. The van der Waals surface area contributed by atoms with Gasteiger partial charge in [0, 0.05) is 18.8 Å². The number of aliphatic imine (C=N–C) groups is 1. The number of anilines is 2. The Morgan fingerprint density at radius 2 is 1.82 bits per heavy atom. The van der Waals surface area contributed by atoms with E-state index in [9.17, 15) is 26.4 Å². The van der Waals surface area contributed by atoms with Gasteiger partial charge < -0.3 is 16.8 Å². The van der Waals surface area contributed by atoms with Gasteiger partial charge >= 0.3 is 6.18 Å². The van der Waals surface area contributed by atoms with Crippen LogP contribution in [0.1, 0.15) is 28.9 Å². The summed E-state index contributed by atoms with van der Waals surface area (Å²) in [7, 11) is -4.11. The third kappa shape index (κ3) is 5.32. The lowest BCUT2D eigenvalue weighted by molar-refractivity contribution is -0.0829. The number of thioether (sulfide) groups is 1. The lowest BCUT2D eigenvalue weighted by atomic mass is 9.89. The third-order valence-electron chi connectivity index (χ3n) is 6.96. The van der Waals surface area contributed by atoms with Crippen molar-refractivity contribution in [2.75, 3.05) is 36.9 Å². The monoisotopic (exact) mass is 616 g/mol. The van der Waals surface area contributed by atoms with Crippen LogP contribution in [0.3, 0.4) is 0 Å². The van der Waals surface area contributed by atoms with Gasteiger partial charge in [-0.2, -0.15) is 13.2 Å². The Morgan fingerprint density at radius 1 is 1.15 bits per heavy atom. The number of piperidine rings is 1. The molecule has 1 atom stereocenters. The summed E-state index contributed by atoms with van der Waals surface area (Å²) < 4.78 is 70.1. The molecule has 214 valence electrons. The number of hydrogen-bond donors (Lipinski definition) is 4. The van der Waals surface area contributed by atoms with Gasteiger partial charge in [-0.25, -0.2) is 22.7 Å². The molecule has 11 nitrogen and oxygen atoms in total. The molecule has 3 aliphatic rings. The van der Waals surface area contributed by atoms with Crippen molar-refractivity contribution >= 4 is 62.5 Å². The highest BCUT2D eigenvalue weighted by Gasteiger charge is 2.50. The molecule has 3 aliphatic heterocycles. The summed E-state index contributed by atoms with van der Waals surface area (Å²) in [6, 6.07) is 7.81. The van der Waals surface area contributed by atoms with Crippen LogP contribution in [0.5, 0.6) is 0 Å². The fraction of sp³-hybridized carbons (Fsp3) is 0.391. The Kier molecular flexibility index (Phi) is 7.39. The molecule has 1 aromatic heterocycles. The van der Waals surface area contributed by atoms with Gasteiger partial charge in [0.05, 0.1) is 17.0 Å². The fourth-order valence-electron chi connectivity index (χ4n) is 4.91. The Balaban J connectivity index is 1.27. The van der Waals surface area contributed by atoms with Crippen LogP contribution in [0, 0.1) is 0 Å². The zero-order valence-electron chi connectivity index (χ0n) is 20.7. The SMILES string of the molecule is Nc1nc(N)c(C(=O)NC2=NCC3(CCN(S(=O)(=O)C4CSC(C(F)(F)F)=C4c4ccccc4)CC3)N2)nc1Cl. The number of hydrogen-bond acceptors (Lipinski definition) is 10. The van der Waals surface area contributed by atoms with E-state index >= 15 is 0 Å². The van der Waals surface area contributed by atoms with Crippen molar-refractivity contribution in [3.05, 3.63) is 51.6 Å². The van der Waals surface area contributed by atoms with Crippen LogP contribution in [0.4, 0.5) is 24.8 Å². The minimum absolute atomic E-state index is 0.0721. The summed E-state index contributed by atoms with van der Waals surface area (Å²) in [6.07, 6.45) is -4.02. The Hall–Kier alpha value is -3.08. The predicted octanol–water partition coefficient (Wildman–Crippen LogP) is 2.24. The highest BCUT2D eigenvalue weighted by Crippen LogP contribution is 2.49. The van der Waals surface area contributed by atoms with E-state index in [1.807, 2.05) is 0 Å². The zero-order chi connectivity index (χ0) is 28.9. The van der Waals surface area contributed by atoms with Gasteiger partial charge in [0.15, 0.2) is 28.4 Å². The van der Waals surface area contributed by atoms with E-state index in [0.717, 1.165) is 0 Å². The first-order chi connectivity index (χ1) is 18.8. The average Bonchev–Trinajstić information content (AvgIpc) is 3.52. The first-order valence-electron chi connectivity index (χ1n) is 12.0. The number of nitrogens with two attached hydrogens (primary N) is 2. The molecule has 0 aliphatic carbocycles. The van der Waals surface area contributed by atoms with Crippen molar-refractivity contribution in [3.63, 3.8) is 0 Å². The molecular formula is C23H24ClF3N8O3S2. The van der Waals surface area contributed by atoms with Gasteiger partial charge in [0.2, 0.25) is 10.0 Å². The molecule has 1 aromatic carbocycles. The van der Waals surface area contributed by atoms with E-state index in [2.05, 4.69) is 25.6 Å². The van der Waals surface area contributed by atoms with Crippen LogP contribution >= 0.6 is 23.4 Å². The number of carbonyl (C=O) groups is 1. The standard InChI is InChI=1S/C23H24ClF3N8O3S2/c24-17-19(29)32-18(28)15(31-17)20(36)33-21-30-11-22(34-21)6-8-35(9-7-22)40(37,38)13-10-39-16(23(25,26)27)14(13)12-4-2-1-3-5-12/h1-5,13H,6-11H2,(H4,28,29,32)(H2,30,33,34,36). The van der Waals surface area contributed by atoms with Crippen molar-refractivity contribution in [2.24, 2.45) is 4.99 Å². The molecule has 1 spiro atoms. The average molecular weight is 617 g/mol. The maximum atomic E-state index is 13.8. The Bertz CT molecular complexity index is 1510. The van der Waals surface area contributed by atoms with E-state index in [4.69, 9.17) is 23.1 Å². The second-order valence-corrected chi connectivity index (χ2v) is 13.0. The van der Waals surface area contributed by atoms with E-state index in [-0.39, 0.29) is 65.0 Å². The van der Waals surface area contributed by atoms with Gasteiger partial charge in [-0.3, -0.25) is 15.1 Å². The van der Waals surface area contributed by atoms with E-state index < -0.39 is 37.8 Å². The maximum absolute atomic E-state index is 13.8. The van der Waals surface area contributed by atoms with Crippen LogP contribution in [-0.2, 0) is 10.0 Å². The first-order valence-corrected chi connectivity index (χ1v) is 14.9. The number of carbonyl (C=O) groups excluding carboxylic acids is 1. The second-order valence-electron chi connectivity index (χ2n) is 9.51. The molecule has 0 saturated carbocycles. The van der Waals surface area contributed by atoms with Crippen molar-refractivity contribution in [1.29, 1.82) is 0 Å². The number of allylic oxidation sites excluding steroid dienone is 1. The smallest absolute Gasteiger partial charge is 0.382 e. The molecule has 1 fully saturated rings. The minimum atomic E-state index is -4.66. The molecule has 6 N–H and O–H groups in total. The summed E-state index contributed by atoms with van der Waals surface area (Å²) in [5.41, 5.74) is 10.4. The van der Waals surface area contributed by atoms with Crippen molar-refractivity contribution in [3.8, 4) is 0 Å². The Labute approximate surface area is 236 Å². The topological polar surface area (TPSA) is 169 Å². The van der Waals surface area contributed by atoms with Gasteiger partial charge in [-0.1, -0.05) is 41.9 Å². The first kappa shape index (κ1) is 28.4. The van der Waals surface area contributed by atoms with Crippen LogP contribution in [-0.4, -0.2) is 76.9 Å². The summed E-state index contributed by atoms with van der Waals surface area (Å²) in [4.78, 5) is 23.7. The molecule has 17 heteroatoms. The molecular weight excluding hydrogens is 593 g/mol. The quantitative estimate of drug-likeness (QED) is 0.402. The third-order valence-corrected chi connectivity index (χ3v) is 10.9. The number of sulfonamides is 1. The number of nitrogens with one attached hydrogen (secondary N) is 2. The number of alkyl halides is 3. The van der Waals surface area contributed by atoms with Gasteiger partial charge in [-0.05, 0) is 24.0 Å². The molecule has 5 rings (SSSR count). The van der Waals surface area contributed by atoms with Crippen LogP contribution in [0.15, 0.2) is 40.2 Å². The maximum Gasteiger partial charge on any atom is 0.422 e. The molecule has 1 amide bonds. The van der Waals surface area contributed by atoms with E-state index in [0.29, 0.717) is 24.6 Å². The number of nitrogen functional groups attached to an aromatic ring is 2. The predicted molar refractivity (Wildman–Crippen MR) is 147 cm³/mol. The van der Waals surface area contributed by atoms with Crippen LogP contribution < -0.4 is 22.1 Å². The molecule has 40 heavy (non-hydrogen) atoms. The highest BCUT2D eigenvalue weighted by atomic mass is 35.5. The molecule has 2 aromatic rings. The van der Waals surface area contributed by atoms with Gasteiger partial charge in [-0.15, -0.1) is 11.8 Å². The number of nitrogens with zero attached hydrogens (tertiary/aromatic N) is 4. The van der Waals surface area contributed by atoms with Gasteiger partial charge in [0.1, 0.15) is 5.25 Å². The number of benzene rings is 1. The molecule has 1 unspecified atom stereocenters. The van der Waals surface area contributed by atoms with Gasteiger partial charge in [0.25, 0.3) is 5.91 Å². The molecule has 0 radical (unpaired) electrons. The number of amides is 1. The summed E-state index contributed by atoms with van der Waals surface area (Å²) >= 11 is 6.36. The van der Waals surface area contributed by atoms with Crippen molar-refractivity contribution in [2.45, 2.75) is 29.8 Å². The Morgan fingerprint density at radius 3 is 2.48 bits per heavy atom. The molecule has 1 saturated heterocycles. The summed E-state index contributed by atoms with van der Waals surface area (Å²) in [5.74, 6) is -1.12. The molecule has 0 bridgehead atoms. The highest BCUT2D eigenvalue weighted by molar-refractivity contribution is 8.05. The van der Waals surface area contributed by atoms with Crippen LogP contribution in [0.25, 0.3) is 5.57 Å². The zero-order valence-corrected chi connectivity index (χ0v) is 23.1. The number of halogens is 4. The fourth-order valence-corrected chi connectivity index (χ4v) is 8.67. The second kappa shape index (κ2) is 10.4. The summed E-state index contributed by atoms with van der Waals surface area (Å²) in [6.45, 7) is 0.401.